The number of nitrogens with zero attached hydrogens (tertiary/aromatic N) is 1. The van der Waals surface area contributed by atoms with Crippen molar-refractivity contribution < 1.29 is 35.5 Å². The van der Waals surface area contributed by atoms with E-state index in [4.69, 9.17) is 19.6 Å². The fourth-order valence-corrected chi connectivity index (χ4v) is 3.69. The molecule has 162 valence electrons. The minimum Gasteiger partial charge on any atom is -0.379 e. The lowest BCUT2D eigenvalue weighted by Crippen LogP contribution is -2.47. The van der Waals surface area contributed by atoms with Crippen molar-refractivity contribution in [3.8, 4) is 0 Å². The lowest BCUT2D eigenvalue weighted by molar-refractivity contribution is -0.123. The van der Waals surface area contributed by atoms with Gasteiger partial charge in [0.1, 0.15) is 0 Å². The van der Waals surface area contributed by atoms with Crippen LogP contribution in [0.15, 0.2) is 0 Å². The molecule has 0 aromatic heterocycles. The Kier molecular flexibility index (Phi) is 12.2. The molecule has 0 radical (unpaired) electrons. The van der Waals surface area contributed by atoms with Gasteiger partial charge in [-0.3, -0.25) is 18.8 Å². The predicted octanol–water partition coefficient (Wildman–Crippen LogP) is -1.43. The van der Waals surface area contributed by atoms with Crippen LogP contribution in [-0.4, -0.2) is 93.7 Å². The summed E-state index contributed by atoms with van der Waals surface area (Å²) in [6.45, 7) is 9.09. The Morgan fingerprint density at radius 1 is 1.15 bits per heavy atom. The molecule has 27 heavy (non-hydrogen) atoms. The van der Waals surface area contributed by atoms with E-state index < -0.39 is 31.7 Å². The minimum atomic E-state index is -4.30. The summed E-state index contributed by atoms with van der Waals surface area (Å²) >= 11 is 0. The zero-order valence-corrected chi connectivity index (χ0v) is 17.3. The number of hydrogen-bond donors (Lipinski definition) is 4. The summed E-state index contributed by atoms with van der Waals surface area (Å²) in [5.41, 5.74) is 5.84. The number of carbonyl (C=O) groups is 1. The van der Waals surface area contributed by atoms with Gasteiger partial charge in [-0.25, -0.2) is 0 Å². The second-order valence-corrected chi connectivity index (χ2v) is 9.37. The van der Waals surface area contributed by atoms with Gasteiger partial charge >= 0.3 is 0 Å². The third-order valence-electron chi connectivity index (χ3n) is 3.99. The Morgan fingerprint density at radius 3 is 2.04 bits per heavy atom. The first kappa shape index (κ1) is 26.2. The molecule has 1 aliphatic rings. The van der Waals surface area contributed by atoms with Crippen molar-refractivity contribution in [2.24, 2.45) is 11.7 Å². The average Bonchev–Trinajstić information content (AvgIpc) is 2.59. The van der Waals surface area contributed by atoms with Crippen LogP contribution in [-0.2, 0) is 29.8 Å². The van der Waals surface area contributed by atoms with E-state index in [1.165, 1.54) is 0 Å². The van der Waals surface area contributed by atoms with E-state index in [1.807, 2.05) is 13.8 Å². The number of ether oxygens (including phenoxy) is 1. The highest BCUT2D eigenvalue weighted by Crippen LogP contribution is 2.04. The van der Waals surface area contributed by atoms with E-state index >= 15 is 0 Å². The summed E-state index contributed by atoms with van der Waals surface area (Å²) in [4.78, 5) is 14.0. The SMILES string of the molecule is CC[C@H](C)[C@H](N)C(=O)NCCN1CCOCC1.O=S(=O)(O)CCS(=O)(=O)O. The van der Waals surface area contributed by atoms with E-state index in [2.05, 4.69) is 10.2 Å². The summed E-state index contributed by atoms with van der Waals surface area (Å²) < 4.78 is 60.6. The van der Waals surface area contributed by atoms with Gasteiger partial charge in [-0.1, -0.05) is 20.3 Å². The van der Waals surface area contributed by atoms with E-state index in [1.54, 1.807) is 0 Å². The number of morpholine rings is 1. The van der Waals surface area contributed by atoms with Crippen molar-refractivity contribution in [1.82, 2.24) is 10.2 Å². The third-order valence-corrected chi connectivity index (χ3v) is 5.69. The largest absolute Gasteiger partial charge is 0.379 e. The van der Waals surface area contributed by atoms with Crippen LogP contribution < -0.4 is 11.1 Å². The summed E-state index contributed by atoms with van der Waals surface area (Å²) in [5.74, 6) is -1.76. The zero-order valence-electron chi connectivity index (χ0n) is 15.7. The van der Waals surface area contributed by atoms with Crippen molar-refractivity contribution in [1.29, 1.82) is 0 Å². The van der Waals surface area contributed by atoms with Crippen LogP contribution in [0.2, 0.25) is 0 Å². The molecule has 0 unspecified atom stereocenters. The van der Waals surface area contributed by atoms with Crippen LogP contribution in [0.1, 0.15) is 20.3 Å². The molecule has 1 rings (SSSR count). The molecule has 1 heterocycles. The number of nitrogens with two attached hydrogens (primary N) is 1. The second-order valence-electron chi connectivity index (χ2n) is 6.23. The fourth-order valence-electron chi connectivity index (χ4n) is 2.00. The van der Waals surface area contributed by atoms with Crippen LogP contribution in [0.25, 0.3) is 0 Å². The maximum atomic E-state index is 11.7. The lowest BCUT2D eigenvalue weighted by Gasteiger charge is -2.27. The molecule has 13 heteroatoms. The topological polar surface area (TPSA) is 176 Å². The summed E-state index contributed by atoms with van der Waals surface area (Å²) in [5, 5.41) is 2.90. The molecular formula is C14H31N3O8S2. The van der Waals surface area contributed by atoms with Gasteiger partial charge < -0.3 is 15.8 Å². The normalized spacial score (nSPS) is 18.1. The van der Waals surface area contributed by atoms with Gasteiger partial charge in [0.05, 0.1) is 30.8 Å². The van der Waals surface area contributed by atoms with Gasteiger partial charge in [0.25, 0.3) is 20.2 Å². The number of hydrogen-bond acceptors (Lipinski definition) is 8. The number of carbonyl (C=O) groups excluding carboxylic acids is 1. The van der Waals surface area contributed by atoms with E-state index in [0.717, 1.165) is 39.3 Å². The number of rotatable bonds is 9. The number of amides is 1. The van der Waals surface area contributed by atoms with Crippen molar-refractivity contribution >= 4 is 26.1 Å². The quantitative estimate of drug-likeness (QED) is 0.315. The summed E-state index contributed by atoms with van der Waals surface area (Å²) in [7, 11) is -8.59. The standard InChI is InChI=1S/C12H25N3O2.C2H6O6S2/c1-3-10(2)11(13)12(16)14-4-5-15-6-8-17-9-7-15;3-9(4,5)1-2-10(6,7)8/h10-11H,3-9,13H2,1-2H3,(H,14,16);1-2H2,(H,3,4,5)(H,6,7,8)/t10-,11-;/m0./s1. The molecule has 0 spiro atoms. The highest BCUT2D eigenvalue weighted by atomic mass is 32.2. The molecule has 1 fully saturated rings. The first-order valence-electron chi connectivity index (χ1n) is 8.59. The molecule has 0 aromatic rings. The molecule has 1 aliphatic heterocycles. The van der Waals surface area contributed by atoms with Crippen molar-refractivity contribution in [3.63, 3.8) is 0 Å². The molecule has 0 aliphatic carbocycles. The Hall–Kier alpha value is -0.830. The predicted molar refractivity (Wildman–Crippen MR) is 101 cm³/mol. The molecule has 11 nitrogen and oxygen atoms in total. The molecule has 0 aromatic carbocycles. The minimum absolute atomic E-state index is 0.0346. The Labute approximate surface area is 161 Å². The lowest BCUT2D eigenvalue weighted by atomic mass is 9.99. The van der Waals surface area contributed by atoms with Crippen molar-refractivity contribution in [3.05, 3.63) is 0 Å². The third kappa shape index (κ3) is 14.8. The van der Waals surface area contributed by atoms with E-state index in [0.29, 0.717) is 6.54 Å². The van der Waals surface area contributed by atoms with Gasteiger partial charge in [0, 0.05) is 26.2 Å². The van der Waals surface area contributed by atoms with Gasteiger partial charge in [0.2, 0.25) is 5.91 Å². The summed E-state index contributed by atoms with van der Waals surface area (Å²) in [6, 6.07) is -0.385. The highest BCUT2D eigenvalue weighted by Gasteiger charge is 2.19. The van der Waals surface area contributed by atoms with E-state index in [-0.39, 0.29) is 17.9 Å². The smallest absolute Gasteiger partial charge is 0.265 e. The Morgan fingerprint density at radius 2 is 1.63 bits per heavy atom. The van der Waals surface area contributed by atoms with Gasteiger partial charge in [-0.05, 0) is 5.92 Å². The van der Waals surface area contributed by atoms with Crippen LogP contribution in [0.4, 0.5) is 0 Å². The Balaban J connectivity index is 0.000000580. The first-order valence-corrected chi connectivity index (χ1v) is 11.8. The molecule has 1 saturated heterocycles. The molecule has 2 atom stereocenters. The zero-order chi connectivity index (χ0) is 21.1. The number of nitrogens with one attached hydrogen (secondary N) is 1. The van der Waals surface area contributed by atoms with Crippen LogP contribution in [0.5, 0.6) is 0 Å². The molecule has 0 saturated carbocycles. The molecule has 0 bridgehead atoms. The first-order chi connectivity index (χ1) is 12.4. The van der Waals surface area contributed by atoms with E-state index in [9.17, 15) is 21.6 Å². The average molecular weight is 434 g/mol. The van der Waals surface area contributed by atoms with Crippen LogP contribution in [0, 0.1) is 5.92 Å². The second kappa shape index (κ2) is 12.6. The maximum Gasteiger partial charge on any atom is 0.265 e. The van der Waals surface area contributed by atoms with Gasteiger partial charge in [-0.2, -0.15) is 16.8 Å². The van der Waals surface area contributed by atoms with Crippen LogP contribution in [0.3, 0.4) is 0 Å². The monoisotopic (exact) mass is 433 g/mol. The van der Waals surface area contributed by atoms with Gasteiger partial charge in [-0.15, -0.1) is 0 Å². The van der Waals surface area contributed by atoms with Crippen molar-refractivity contribution in [2.75, 3.05) is 50.9 Å². The highest BCUT2D eigenvalue weighted by molar-refractivity contribution is 7.89. The molecule has 1 amide bonds. The van der Waals surface area contributed by atoms with Gasteiger partial charge in [0.15, 0.2) is 0 Å². The fraction of sp³-hybridized carbons (Fsp3) is 0.929. The van der Waals surface area contributed by atoms with Crippen LogP contribution >= 0.6 is 0 Å². The Bertz CT molecular complexity index is 601. The van der Waals surface area contributed by atoms with Crippen molar-refractivity contribution in [2.45, 2.75) is 26.3 Å². The maximum absolute atomic E-state index is 11.7. The summed E-state index contributed by atoms with van der Waals surface area (Å²) in [6.07, 6.45) is 0.929. The molecule has 5 N–H and O–H groups in total. The molecular weight excluding hydrogens is 402 g/mol.